The molecule has 0 radical (unpaired) electrons. The third-order valence-corrected chi connectivity index (χ3v) is 3.79. The molecule has 1 aromatic carbocycles. The van der Waals surface area contributed by atoms with Gasteiger partial charge in [-0.05, 0) is 42.3 Å². The van der Waals surface area contributed by atoms with Crippen LogP contribution in [0.3, 0.4) is 0 Å². The van der Waals surface area contributed by atoms with Crippen LogP contribution in [0.2, 0.25) is 0 Å². The third-order valence-electron chi connectivity index (χ3n) is 3.79. The number of rotatable bonds is 8. The number of carbonyl (C=O) groups excluding carboxylic acids is 1. The van der Waals surface area contributed by atoms with Crippen LogP contribution in [0, 0.1) is 0 Å². The zero-order valence-electron chi connectivity index (χ0n) is 14.3. The van der Waals surface area contributed by atoms with Crippen LogP contribution in [-0.2, 0) is 4.79 Å². The molecule has 0 unspecified atom stereocenters. The van der Waals surface area contributed by atoms with Crippen molar-refractivity contribution in [3.63, 3.8) is 0 Å². The summed E-state index contributed by atoms with van der Waals surface area (Å²) >= 11 is 0. The Labute approximate surface area is 134 Å². The summed E-state index contributed by atoms with van der Waals surface area (Å²) in [7, 11) is 0. The van der Waals surface area contributed by atoms with E-state index in [9.17, 15) is 4.79 Å². The number of hydrogen-bond donors (Lipinski definition) is 2. The number of unbranched alkanes of at least 4 members (excludes halogenated alkanes) is 1. The molecule has 0 aliphatic rings. The van der Waals surface area contributed by atoms with E-state index in [1.165, 1.54) is 0 Å². The third kappa shape index (κ3) is 5.11. The van der Waals surface area contributed by atoms with E-state index in [2.05, 4.69) is 27.7 Å². The Morgan fingerprint density at radius 2 is 1.64 bits per heavy atom. The Kier molecular flexibility index (Phi) is 7.56. The van der Waals surface area contributed by atoms with Crippen LogP contribution in [-0.4, -0.2) is 18.6 Å². The van der Waals surface area contributed by atoms with Crippen LogP contribution in [0.4, 0.5) is 0 Å². The zero-order chi connectivity index (χ0) is 16.7. The molecule has 0 heterocycles. The lowest BCUT2D eigenvalue weighted by atomic mass is 9.94. The molecular weight excluding hydrogens is 276 g/mol. The molecule has 0 fully saturated rings. The Hall–Kier alpha value is -1.39. The van der Waals surface area contributed by atoms with Gasteiger partial charge in [-0.2, -0.15) is 0 Å². The lowest BCUT2D eigenvalue weighted by Crippen LogP contribution is -2.34. The SMILES string of the molecule is CC(C)c1cccc(C(C)C)c1OC(=O)[C@H](N)CCCCN. The molecule has 0 saturated carbocycles. The van der Waals surface area contributed by atoms with Gasteiger partial charge in [0.25, 0.3) is 0 Å². The van der Waals surface area contributed by atoms with Crippen LogP contribution in [0.1, 0.15) is 69.9 Å². The van der Waals surface area contributed by atoms with Crippen molar-refractivity contribution in [2.24, 2.45) is 11.5 Å². The Balaban J connectivity index is 2.93. The average molecular weight is 306 g/mol. The van der Waals surface area contributed by atoms with Gasteiger partial charge in [-0.25, -0.2) is 4.79 Å². The van der Waals surface area contributed by atoms with Gasteiger partial charge in [-0.15, -0.1) is 0 Å². The summed E-state index contributed by atoms with van der Waals surface area (Å²) in [6.45, 7) is 9.00. The van der Waals surface area contributed by atoms with Gasteiger partial charge in [0.2, 0.25) is 0 Å². The van der Waals surface area contributed by atoms with Gasteiger partial charge in [-0.1, -0.05) is 52.3 Å². The van der Waals surface area contributed by atoms with Crippen LogP contribution in [0.5, 0.6) is 5.75 Å². The van der Waals surface area contributed by atoms with E-state index in [-0.39, 0.29) is 17.8 Å². The minimum absolute atomic E-state index is 0.287. The largest absolute Gasteiger partial charge is 0.425 e. The molecule has 4 N–H and O–H groups in total. The Morgan fingerprint density at radius 3 is 2.09 bits per heavy atom. The molecule has 1 rings (SSSR count). The number of nitrogens with two attached hydrogens (primary N) is 2. The summed E-state index contributed by atoms with van der Waals surface area (Å²) in [6, 6.07) is 5.45. The fourth-order valence-electron chi connectivity index (χ4n) is 2.40. The molecule has 4 heteroatoms. The Bertz CT molecular complexity index is 458. The predicted molar refractivity (Wildman–Crippen MR) is 91.1 cm³/mol. The van der Waals surface area contributed by atoms with Gasteiger partial charge in [0, 0.05) is 0 Å². The van der Waals surface area contributed by atoms with E-state index in [0.29, 0.717) is 18.7 Å². The van der Waals surface area contributed by atoms with Gasteiger partial charge in [-0.3, -0.25) is 0 Å². The first-order valence-corrected chi connectivity index (χ1v) is 8.18. The van der Waals surface area contributed by atoms with Crippen molar-refractivity contribution >= 4 is 5.97 Å². The highest BCUT2D eigenvalue weighted by Gasteiger charge is 2.21. The highest BCUT2D eigenvalue weighted by molar-refractivity contribution is 5.78. The van der Waals surface area contributed by atoms with Crippen molar-refractivity contribution in [3.05, 3.63) is 29.3 Å². The maximum atomic E-state index is 12.3. The van der Waals surface area contributed by atoms with Crippen LogP contribution in [0.15, 0.2) is 18.2 Å². The molecule has 1 atom stereocenters. The first-order valence-electron chi connectivity index (χ1n) is 8.18. The van der Waals surface area contributed by atoms with Gasteiger partial charge < -0.3 is 16.2 Å². The highest BCUT2D eigenvalue weighted by atomic mass is 16.5. The molecular formula is C18H30N2O2. The molecule has 4 nitrogen and oxygen atoms in total. The second-order valence-electron chi connectivity index (χ2n) is 6.39. The van der Waals surface area contributed by atoms with Crippen molar-refractivity contribution in [3.8, 4) is 5.75 Å². The van der Waals surface area contributed by atoms with Gasteiger partial charge >= 0.3 is 5.97 Å². The maximum absolute atomic E-state index is 12.3. The molecule has 1 aromatic rings. The maximum Gasteiger partial charge on any atom is 0.328 e. The monoisotopic (exact) mass is 306 g/mol. The van der Waals surface area contributed by atoms with Crippen LogP contribution < -0.4 is 16.2 Å². The lowest BCUT2D eigenvalue weighted by Gasteiger charge is -2.20. The minimum Gasteiger partial charge on any atom is -0.425 e. The minimum atomic E-state index is -0.591. The first kappa shape index (κ1) is 18.7. The standard InChI is InChI=1S/C18H30N2O2/c1-12(2)14-8-7-9-15(13(3)4)17(14)22-18(21)16(20)10-5-6-11-19/h7-9,12-13,16H,5-6,10-11,19-20H2,1-4H3/t16-/m1/s1. The zero-order valence-corrected chi connectivity index (χ0v) is 14.3. The molecule has 22 heavy (non-hydrogen) atoms. The summed E-state index contributed by atoms with van der Waals surface area (Å²) in [6.07, 6.45) is 2.33. The van der Waals surface area contributed by atoms with Crippen LogP contribution >= 0.6 is 0 Å². The van der Waals surface area contributed by atoms with Crippen molar-refractivity contribution in [2.45, 2.75) is 64.8 Å². The summed E-state index contributed by atoms with van der Waals surface area (Å²) in [5, 5.41) is 0. The summed E-state index contributed by atoms with van der Waals surface area (Å²) in [4.78, 5) is 12.3. The van der Waals surface area contributed by atoms with Gasteiger partial charge in [0.15, 0.2) is 0 Å². The van der Waals surface area contributed by atoms with Crippen molar-refractivity contribution < 1.29 is 9.53 Å². The molecule has 0 amide bonds. The molecule has 124 valence electrons. The quantitative estimate of drug-likeness (QED) is 0.439. The molecule has 0 saturated heterocycles. The van der Waals surface area contributed by atoms with Gasteiger partial charge in [0.1, 0.15) is 11.8 Å². The summed E-state index contributed by atoms with van der Waals surface area (Å²) < 4.78 is 5.70. The fraction of sp³-hybridized carbons (Fsp3) is 0.611. The highest BCUT2D eigenvalue weighted by Crippen LogP contribution is 2.34. The number of ether oxygens (including phenoxy) is 1. The fourth-order valence-corrected chi connectivity index (χ4v) is 2.40. The first-order chi connectivity index (χ1) is 10.4. The molecule has 0 aromatic heterocycles. The van der Waals surface area contributed by atoms with Crippen LogP contribution in [0.25, 0.3) is 0 Å². The van der Waals surface area contributed by atoms with Gasteiger partial charge in [0.05, 0.1) is 0 Å². The molecule has 0 aliphatic carbocycles. The smallest absolute Gasteiger partial charge is 0.328 e. The van der Waals surface area contributed by atoms with Crippen molar-refractivity contribution in [1.82, 2.24) is 0 Å². The second kappa shape index (κ2) is 8.91. The van der Waals surface area contributed by atoms with Crippen molar-refractivity contribution in [1.29, 1.82) is 0 Å². The molecule has 0 aliphatic heterocycles. The normalized spacial score (nSPS) is 12.7. The topological polar surface area (TPSA) is 78.3 Å². The summed E-state index contributed by atoms with van der Waals surface area (Å²) in [5.41, 5.74) is 13.5. The number of hydrogen-bond acceptors (Lipinski definition) is 4. The van der Waals surface area contributed by atoms with E-state index in [1.54, 1.807) is 0 Å². The van der Waals surface area contributed by atoms with Crippen molar-refractivity contribution in [2.75, 3.05) is 6.54 Å². The number of carbonyl (C=O) groups is 1. The second-order valence-corrected chi connectivity index (χ2v) is 6.39. The van der Waals surface area contributed by atoms with E-state index < -0.39 is 6.04 Å². The molecule has 0 bridgehead atoms. The Morgan fingerprint density at radius 1 is 1.09 bits per heavy atom. The predicted octanol–water partition coefficient (Wildman–Crippen LogP) is 3.30. The number of para-hydroxylation sites is 1. The van der Waals surface area contributed by atoms with E-state index >= 15 is 0 Å². The summed E-state index contributed by atoms with van der Waals surface area (Å²) in [5.74, 6) is 0.906. The average Bonchev–Trinajstić information content (AvgIpc) is 2.46. The molecule has 0 spiro atoms. The lowest BCUT2D eigenvalue weighted by molar-refractivity contribution is -0.136. The van der Waals surface area contributed by atoms with E-state index in [4.69, 9.17) is 16.2 Å². The van der Waals surface area contributed by atoms with E-state index in [0.717, 1.165) is 24.0 Å². The van der Waals surface area contributed by atoms with E-state index in [1.807, 2.05) is 18.2 Å². The number of benzene rings is 1. The number of esters is 1.